The summed E-state index contributed by atoms with van der Waals surface area (Å²) in [4.78, 5) is 0. The van der Waals surface area contributed by atoms with E-state index in [0.717, 1.165) is 12.2 Å². The molecule has 0 spiro atoms. The van der Waals surface area contributed by atoms with E-state index in [9.17, 15) is 0 Å². The Bertz CT molecular complexity index is 1510. The minimum atomic E-state index is -0.431. The summed E-state index contributed by atoms with van der Waals surface area (Å²) in [7, 11) is 0. The Labute approximate surface area is 168 Å². The van der Waals surface area contributed by atoms with Crippen molar-refractivity contribution in [2.45, 2.75) is 12.0 Å². The van der Waals surface area contributed by atoms with E-state index in [1.807, 2.05) is 0 Å². The average Bonchev–Trinajstić information content (AvgIpc) is 3.52. The van der Waals surface area contributed by atoms with Crippen LogP contribution in [0.2, 0.25) is 0 Å². The Balaban J connectivity index is 1.55. The number of rotatable bonds is 1. The first kappa shape index (κ1) is 15.4. The molecule has 1 heteroatoms. The second kappa shape index (κ2) is 5.27. The van der Waals surface area contributed by atoms with Crippen LogP contribution in [0.15, 0.2) is 103 Å². The van der Waals surface area contributed by atoms with Crippen LogP contribution >= 0.6 is 0 Å². The second-order valence-corrected chi connectivity index (χ2v) is 8.14. The van der Waals surface area contributed by atoms with Crippen LogP contribution in [0.5, 0.6) is 0 Å². The van der Waals surface area contributed by atoms with E-state index in [4.69, 9.17) is 4.74 Å². The highest BCUT2D eigenvalue weighted by molar-refractivity contribution is 6.01. The molecule has 1 unspecified atom stereocenters. The van der Waals surface area contributed by atoms with Crippen molar-refractivity contribution in [3.63, 3.8) is 0 Å². The van der Waals surface area contributed by atoms with Crippen LogP contribution in [0.4, 0.5) is 0 Å². The second-order valence-electron chi connectivity index (χ2n) is 8.14. The molecule has 1 nitrogen and oxygen atoms in total. The van der Waals surface area contributed by atoms with Crippen molar-refractivity contribution in [3.05, 3.63) is 120 Å². The highest BCUT2D eigenvalue weighted by atomic mass is 16.6. The van der Waals surface area contributed by atoms with Gasteiger partial charge in [0.2, 0.25) is 5.60 Å². The summed E-state index contributed by atoms with van der Waals surface area (Å²) >= 11 is 0. The maximum Gasteiger partial charge on any atom is 0.216 e. The highest BCUT2D eigenvalue weighted by Gasteiger charge is 2.58. The van der Waals surface area contributed by atoms with Crippen LogP contribution in [-0.2, 0) is 16.8 Å². The van der Waals surface area contributed by atoms with E-state index in [1.54, 1.807) is 0 Å². The monoisotopic (exact) mass is 370 g/mol. The number of fused-ring (bicyclic) bond motifs is 6. The van der Waals surface area contributed by atoms with E-state index in [1.165, 1.54) is 49.0 Å². The predicted molar refractivity (Wildman–Crippen MR) is 119 cm³/mol. The topological polar surface area (TPSA) is 12.5 Å². The molecule has 7 rings (SSSR count). The van der Waals surface area contributed by atoms with Crippen LogP contribution in [0, 0.1) is 0 Å². The van der Waals surface area contributed by atoms with Crippen LogP contribution in [-0.4, -0.2) is 0 Å². The summed E-state index contributed by atoms with van der Waals surface area (Å²) in [5.74, 6) is 1.10. The van der Waals surface area contributed by atoms with Gasteiger partial charge in [-0.3, -0.25) is 0 Å². The lowest BCUT2D eigenvalue weighted by molar-refractivity contribution is 0.362. The van der Waals surface area contributed by atoms with Crippen molar-refractivity contribution in [2.75, 3.05) is 0 Å². The fraction of sp³-hybridized carbons (Fsp3) is 0.0714. The standard InChI is InChI=1S/C28H18O/c1-3-8-20-16-24-22(14-18(20)6-1)10-5-11-25(24)28-26-17-21-9-4-2-7-19(21)15-23(26)12-13-27(28)29-28/h1-11,13-17H,12H2. The molecule has 1 aliphatic heterocycles. The van der Waals surface area contributed by atoms with Crippen molar-refractivity contribution in [1.29, 1.82) is 0 Å². The van der Waals surface area contributed by atoms with Gasteiger partial charge in [-0.1, -0.05) is 72.8 Å². The summed E-state index contributed by atoms with van der Waals surface area (Å²) in [6.45, 7) is 0. The number of hydrogen-bond acceptors (Lipinski definition) is 1. The van der Waals surface area contributed by atoms with Gasteiger partial charge in [-0.2, -0.15) is 0 Å². The number of epoxide rings is 1. The molecule has 0 N–H and O–H groups in total. The first-order chi connectivity index (χ1) is 14.3. The molecule has 1 saturated heterocycles. The summed E-state index contributed by atoms with van der Waals surface area (Å²) in [6, 6.07) is 33.1. The van der Waals surface area contributed by atoms with E-state index >= 15 is 0 Å². The molecular weight excluding hydrogens is 352 g/mol. The Kier molecular flexibility index (Phi) is 2.79. The summed E-state index contributed by atoms with van der Waals surface area (Å²) in [5.41, 5.74) is 3.49. The van der Waals surface area contributed by atoms with Gasteiger partial charge in [0.1, 0.15) is 5.76 Å². The zero-order valence-corrected chi connectivity index (χ0v) is 15.9. The quantitative estimate of drug-likeness (QED) is 0.232. The lowest BCUT2D eigenvalue weighted by Gasteiger charge is -2.20. The first-order valence-electron chi connectivity index (χ1n) is 10.2. The normalized spacial score (nSPS) is 19.5. The largest absolute Gasteiger partial charge is 0.469 e. The van der Waals surface area contributed by atoms with Gasteiger partial charge in [-0.15, -0.1) is 0 Å². The summed E-state index contributed by atoms with van der Waals surface area (Å²) in [6.07, 6.45) is 3.20. The molecule has 0 aromatic heterocycles. The molecule has 0 amide bonds. The number of allylic oxidation sites excluding steroid dienone is 1. The molecule has 0 saturated carbocycles. The zero-order chi connectivity index (χ0) is 19.0. The molecule has 1 fully saturated rings. The number of benzene rings is 5. The van der Waals surface area contributed by atoms with Gasteiger partial charge >= 0.3 is 0 Å². The van der Waals surface area contributed by atoms with Gasteiger partial charge in [0, 0.05) is 11.1 Å². The van der Waals surface area contributed by atoms with Crippen LogP contribution in [0.1, 0.15) is 16.7 Å². The first-order valence-corrected chi connectivity index (χ1v) is 10.2. The van der Waals surface area contributed by atoms with E-state index in [-0.39, 0.29) is 0 Å². The third-order valence-corrected chi connectivity index (χ3v) is 6.55. The molecule has 1 aliphatic carbocycles. The lowest BCUT2D eigenvalue weighted by Crippen LogP contribution is -2.16. The maximum absolute atomic E-state index is 6.41. The fourth-order valence-corrected chi connectivity index (χ4v) is 5.11. The number of hydrogen-bond donors (Lipinski definition) is 0. The van der Waals surface area contributed by atoms with Crippen LogP contribution < -0.4 is 0 Å². The van der Waals surface area contributed by atoms with E-state index < -0.39 is 5.60 Å². The zero-order valence-electron chi connectivity index (χ0n) is 15.9. The summed E-state index contributed by atoms with van der Waals surface area (Å²) in [5, 5.41) is 7.64. The van der Waals surface area contributed by atoms with Gasteiger partial charge in [-0.05, 0) is 68.6 Å². The van der Waals surface area contributed by atoms with Crippen molar-refractivity contribution in [1.82, 2.24) is 0 Å². The lowest BCUT2D eigenvalue weighted by atomic mass is 9.79. The minimum Gasteiger partial charge on any atom is -0.469 e. The van der Waals surface area contributed by atoms with Crippen molar-refractivity contribution in [3.8, 4) is 0 Å². The molecule has 0 radical (unpaired) electrons. The average molecular weight is 370 g/mol. The van der Waals surface area contributed by atoms with Gasteiger partial charge in [0.25, 0.3) is 0 Å². The Morgan fingerprint density at radius 1 is 0.586 bits per heavy atom. The van der Waals surface area contributed by atoms with Gasteiger partial charge in [-0.25, -0.2) is 0 Å². The molecule has 29 heavy (non-hydrogen) atoms. The predicted octanol–water partition coefficient (Wildman–Crippen LogP) is 6.86. The Hall–Kier alpha value is -3.58. The molecule has 1 atom stereocenters. The summed E-state index contributed by atoms with van der Waals surface area (Å²) < 4.78 is 6.41. The van der Waals surface area contributed by atoms with E-state index in [2.05, 4.69) is 97.1 Å². The smallest absolute Gasteiger partial charge is 0.216 e. The van der Waals surface area contributed by atoms with Crippen LogP contribution in [0.25, 0.3) is 32.3 Å². The van der Waals surface area contributed by atoms with Crippen molar-refractivity contribution < 1.29 is 4.74 Å². The molecule has 5 aromatic carbocycles. The molecule has 0 bridgehead atoms. The van der Waals surface area contributed by atoms with Crippen molar-refractivity contribution in [2.24, 2.45) is 0 Å². The fourth-order valence-electron chi connectivity index (χ4n) is 5.11. The molecule has 2 aliphatic rings. The van der Waals surface area contributed by atoms with Crippen LogP contribution in [0.3, 0.4) is 0 Å². The molecule has 1 heterocycles. The van der Waals surface area contributed by atoms with Gasteiger partial charge in [0.15, 0.2) is 0 Å². The third kappa shape index (κ3) is 2.00. The molecule has 5 aromatic rings. The Morgan fingerprint density at radius 2 is 1.24 bits per heavy atom. The maximum atomic E-state index is 6.41. The Morgan fingerprint density at radius 3 is 2.03 bits per heavy atom. The molecular formula is C28H18O. The number of ether oxygens (including phenoxy) is 1. The SMILES string of the molecule is C1=C2OC2(c2cccc3cc4ccccc4cc23)c2cc3ccccc3cc2C1. The molecule has 136 valence electrons. The van der Waals surface area contributed by atoms with Gasteiger partial charge < -0.3 is 4.74 Å². The third-order valence-electron chi connectivity index (χ3n) is 6.55. The van der Waals surface area contributed by atoms with E-state index in [0.29, 0.717) is 0 Å². The van der Waals surface area contributed by atoms with Crippen molar-refractivity contribution >= 4 is 32.3 Å². The highest BCUT2D eigenvalue weighted by Crippen LogP contribution is 2.60. The van der Waals surface area contributed by atoms with Gasteiger partial charge in [0.05, 0.1) is 0 Å². The minimum absolute atomic E-state index is 0.431.